The first kappa shape index (κ1) is 22.4. The second kappa shape index (κ2) is 9.20. The van der Waals surface area contributed by atoms with Crippen LogP contribution in [0.2, 0.25) is 0 Å². The number of carbonyl (C=O) groups excluding carboxylic acids is 2. The van der Waals surface area contributed by atoms with Crippen LogP contribution in [0.1, 0.15) is 52.3 Å². The number of carbonyl (C=O) groups is 2. The van der Waals surface area contributed by atoms with Gasteiger partial charge < -0.3 is 15.2 Å². The molecule has 2 aromatic heterocycles. The fourth-order valence-corrected chi connectivity index (χ4v) is 6.35. The van der Waals surface area contributed by atoms with Crippen LogP contribution in [0, 0.1) is 5.92 Å². The van der Waals surface area contributed by atoms with Crippen LogP contribution in [0.5, 0.6) is 0 Å². The average Bonchev–Trinajstić information content (AvgIpc) is 3.65. The van der Waals surface area contributed by atoms with Crippen molar-refractivity contribution in [3.63, 3.8) is 0 Å². The molecule has 0 atom stereocenters. The highest BCUT2D eigenvalue weighted by Crippen LogP contribution is 2.33. The van der Waals surface area contributed by atoms with Gasteiger partial charge >= 0.3 is 0 Å². The van der Waals surface area contributed by atoms with Gasteiger partial charge in [-0.2, -0.15) is 0 Å². The average molecular weight is 492 g/mol. The minimum atomic E-state index is -0.0185. The van der Waals surface area contributed by atoms with E-state index in [9.17, 15) is 14.4 Å². The molecule has 1 aromatic carbocycles. The van der Waals surface area contributed by atoms with E-state index in [0.29, 0.717) is 31.0 Å². The molecule has 3 heterocycles. The molecule has 8 nitrogen and oxygen atoms in total. The number of aromatic amines is 1. The van der Waals surface area contributed by atoms with Crippen molar-refractivity contribution in [1.29, 1.82) is 0 Å². The van der Waals surface area contributed by atoms with Gasteiger partial charge in [-0.15, -0.1) is 11.3 Å². The topological polar surface area (TPSA) is 98.4 Å². The number of anilines is 1. The Balaban J connectivity index is 1.06. The van der Waals surface area contributed by atoms with Crippen LogP contribution >= 0.6 is 11.3 Å². The summed E-state index contributed by atoms with van der Waals surface area (Å²) in [5.41, 5.74) is 2.55. The number of hydrogen-bond acceptors (Lipinski definition) is 6. The molecule has 0 spiro atoms. The summed E-state index contributed by atoms with van der Waals surface area (Å²) in [6, 6.07) is 7.15. The van der Waals surface area contributed by atoms with Crippen LogP contribution in [-0.2, 0) is 24.2 Å². The van der Waals surface area contributed by atoms with Gasteiger partial charge in [0, 0.05) is 48.2 Å². The monoisotopic (exact) mass is 491 g/mol. The van der Waals surface area contributed by atoms with Crippen molar-refractivity contribution in [3.8, 4) is 0 Å². The molecule has 3 aliphatic rings. The number of amides is 2. The summed E-state index contributed by atoms with van der Waals surface area (Å²) in [7, 11) is 0. The van der Waals surface area contributed by atoms with E-state index in [2.05, 4.69) is 15.2 Å². The Morgan fingerprint density at radius 3 is 2.54 bits per heavy atom. The first-order valence-electron chi connectivity index (χ1n) is 12.5. The van der Waals surface area contributed by atoms with Gasteiger partial charge in [0.25, 0.3) is 11.5 Å². The lowest BCUT2D eigenvalue weighted by Crippen LogP contribution is -2.48. The van der Waals surface area contributed by atoms with E-state index < -0.39 is 0 Å². The number of aromatic nitrogens is 2. The van der Waals surface area contributed by atoms with E-state index in [1.54, 1.807) is 35.6 Å². The number of fused-ring (bicyclic) bond motifs is 3. The number of nitrogens with one attached hydrogen (secondary N) is 2. The zero-order valence-corrected chi connectivity index (χ0v) is 20.5. The summed E-state index contributed by atoms with van der Waals surface area (Å²) in [4.78, 5) is 51.8. The van der Waals surface area contributed by atoms with Gasteiger partial charge in [-0.1, -0.05) is 0 Å². The number of H-pyrrole nitrogens is 1. The van der Waals surface area contributed by atoms with E-state index in [1.807, 2.05) is 4.90 Å². The number of rotatable bonds is 5. The first-order valence-corrected chi connectivity index (χ1v) is 13.3. The third-order valence-electron chi connectivity index (χ3n) is 7.25. The molecule has 2 fully saturated rings. The number of nitrogens with zero attached hydrogens (tertiary/aromatic N) is 3. The maximum absolute atomic E-state index is 13.0. The smallest absolute Gasteiger partial charge is 0.259 e. The normalized spacial score (nSPS) is 18.5. The standard InChI is InChI=1S/C26H29N5O3S/c32-23(16-5-6-16)27-18-9-7-17(8-10-18)26(34)31-13-11-30(12-14-31)15-21-28-24(33)22-19-3-1-2-4-20(19)35-25(22)29-21/h7-10,16H,1-6,11-15H2,(H,27,32)(H,28,29,33). The lowest BCUT2D eigenvalue weighted by atomic mass is 9.97. The maximum atomic E-state index is 13.0. The summed E-state index contributed by atoms with van der Waals surface area (Å²) in [5.74, 6) is 0.915. The molecular formula is C26H29N5O3S. The molecule has 2 amide bonds. The SMILES string of the molecule is O=C(Nc1ccc(C(=O)N2CCN(Cc3nc4sc5c(c4c(=O)[nH]3)CCCC5)CC2)cc1)C1CC1. The Bertz CT molecular complexity index is 1330. The van der Waals surface area contributed by atoms with Crippen molar-refractivity contribution >= 4 is 39.1 Å². The summed E-state index contributed by atoms with van der Waals surface area (Å²) in [6.07, 6.45) is 6.29. The van der Waals surface area contributed by atoms with Crippen molar-refractivity contribution in [2.75, 3.05) is 31.5 Å². The van der Waals surface area contributed by atoms with Crippen LogP contribution in [0.3, 0.4) is 0 Å². The molecule has 0 radical (unpaired) electrons. The van der Waals surface area contributed by atoms with E-state index in [1.165, 1.54) is 16.9 Å². The number of benzene rings is 1. The van der Waals surface area contributed by atoms with Crippen LogP contribution in [0.4, 0.5) is 5.69 Å². The Morgan fingerprint density at radius 2 is 1.80 bits per heavy atom. The molecule has 1 saturated heterocycles. The molecule has 0 unspecified atom stereocenters. The summed E-state index contributed by atoms with van der Waals surface area (Å²) >= 11 is 1.67. The van der Waals surface area contributed by atoms with Crippen molar-refractivity contribution in [2.45, 2.75) is 45.1 Å². The Hall–Kier alpha value is -3.04. The van der Waals surface area contributed by atoms with Crippen LogP contribution in [0.25, 0.3) is 10.2 Å². The number of piperazine rings is 1. The van der Waals surface area contributed by atoms with Gasteiger partial charge in [-0.05, 0) is 68.4 Å². The Morgan fingerprint density at radius 1 is 1.06 bits per heavy atom. The van der Waals surface area contributed by atoms with Crippen molar-refractivity contribution in [2.24, 2.45) is 5.92 Å². The highest BCUT2D eigenvalue weighted by molar-refractivity contribution is 7.18. The highest BCUT2D eigenvalue weighted by Gasteiger charge is 2.29. The molecule has 2 aliphatic carbocycles. The minimum absolute atomic E-state index is 0.00170. The van der Waals surface area contributed by atoms with E-state index in [0.717, 1.165) is 61.1 Å². The molecular weight excluding hydrogens is 462 g/mol. The zero-order chi connectivity index (χ0) is 23.9. The fraction of sp³-hybridized carbons (Fsp3) is 0.462. The van der Waals surface area contributed by atoms with Crippen LogP contribution in [0.15, 0.2) is 29.1 Å². The minimum Gasteiger partial charge on any atom is -0.336 e. The summed E-state index contributed by atoms with van der Waals surface area (Å²) < 4.78 is 0. The molecule has 2 N–H and O–H groups in total. The van der Waals surface area contributed by atoms with Crippen molar-refractivity contribution < 1.29 is 9.59 Å². The predicted octanol–water partition coefficient (Wildman–Crippen LogP) is 3.17. The quantitative estimate of drug-likeness (QED) is 0.571. The highest BCUT2D eigenvalue weighted by atomic mass is 32.1. The zero-order valence-electron chi connectivity index (χ0n) is 19.6. The van der Waals surface area contributed by atoms with Crippen molar-refractivity contribution in [3.05, 3.63) is 56.4 Å². The van der Waals surface area contributed by atoms with Gasteiger partial charge in [0.15, 0.2) is 0 Å². The third-order valence-corrected chi connectivity index (χ3v) is 8.44. The van der Waals surface area contributed by atoms with Crippen LogP contribution < -0.4 is 10.9 Å². The number of hydrogen-bond donors (Lipinski definition) is 2. The molecule has 1 saturated carbocycles. The second-order valence-electron chi connectivity index (χ2n) is 9.81. The van der Waals surface area contributed by atoms with Crippen molar-refractivity contribution in [1.82, 2.24) is 19.8 Å². The van der Waals surface area contributed by atoms with Gasteiger partial charge in [-0.25, -0.2) is 4.98 Å². The fourth-order valence-electron chi connectivity index (χ4n) is 5.07. The summed E-state index contributed by atoms with van der Waals surface area (Å²) in [6.45, 7) is 3.27. The van der Waals surface area contributed by atoms with E-state index in [-0.39, 0.29) is 23.3 Å². The molecule has 35 heavy (non-hydrogen) atoms. The first-order chi connectivity index (χ1) is 17.0. The largest absolute Gasteiger partial charge is 0.336 e. The lowest BCUT2D eigenvalue weighted by Gasteiger charge is -2.34. The van der Waals surface area contributed by atoms with Gasteiger partial charge in [-0.3, -0.25) is 19.3 Å². The van der Waals surface area contributed by atoms with Gasteiger partial charge in [0.2, 0.25) is 5.91 Å². The molecule has 182 valence electrons. The molecule has 6 rings (SSSR count). The molecule has 1 aliphatic heterocycles. The predicted molar refractivity (Wildman–Crippen MR) is 136 cm³/mol. The van der Waals surface area contributed by atoms with Gasteiger partial charge in [0.1, 0.15) is 10.7 Å². The molecule has 9 heteroatoms. The van der Waals surface area contributed by atoms with E-state index in [4.69, 9.17) is 4.98 Å². The second-order valence-corrected chi connectivity index (χ2v) is 10.9. The summed E-state index contributed by atoms with van der Waals surface area (Å²) in [5, 5.41) is 3.70. The number of thiophene rings is 1. The Labute approximate surface area is 207 Å². The van der Waals surface area contributed by atoms with Crippen LogP contribution in [-0.4, -0.2) is 57.8 Å². The Kier molecular flexibility index (Phi) is 5.89. The van der Waals surface area contributed by atoms with Gasteiger partial charge in [0.05, 0.1) is 11.9 Å². The molecule has 3 aromatic rings. The third kappa shape index (κ3) is 4.62. The maximum Gasteiger partial charge on any atom is 0.259 e. The lowest BCUT2D eigenvalue weighted by molar-refractivity contribution is -0.117. The number of aryl methyl sites for hydroxylation is 2. The molecule has 0 bridgehead atoms. The van der Waals surface area contributed by atoms with E-state index >= 15 is 0 Å².